The molecule has 0 saturated carbocycles. The number of hydrogen-bond acceptors (Lipinski definition) is 4. The molecule has 2 heterocycles. The van der Waals surface area contributed by atoms with Crippen LogP contribution in [0.1, 0.15) is 44.7 Å². The quantitative estimate of drug-likeness (QED) is 0.533. The fraction of sp³-hybridized carbons (Fsp3) is 0.538. The number of carbonyl (C=O) groups excluding carboxylic acids is 3. The van der Waals surface area contributed by atoms with E-state index in [1.54, 1.807) is 6.07 Å². The Morgan fingerprint density at radius 3 is 2.35 bits per heavy atom. The van der Waals surface area contributed by atoms with Crippen LogP contribution in [0.2, 0.25) is 0 Å². The van der Waals surface area contributed by atoms with Crippen LogP contribution in [0.3, 0.4) is 0 Å². The average molecular weight is 278 g/mol. The van der Waals surface area contributed by atoms with Gasteiger partial charge >= 0.3 is 6.03 Å². The van der Waals surface area contributed by atoms with E-state index >= 15 is 0 Å². The van der Waals surface area contributed by atoms with Gasteiger partial charge in [0.25, 0.3) is 0 Å². The molecule has 7 heteroatoms. The third-order valence-electron chi connectivity index (χ3n) is 3.60. The maximum absolute atomic E-state index is 12.3. The van der Waals surface area contributed by atoms with Crippen molar-refractivity contribution in [2.24, 2.45) is 0 Å². The highest BCUT2D eigenvalue weighted by molar-refractivity contribution is 6.22. The van der Waals surface area contributed by atoms with Gasteiger partial charge in [-0.25, -0.2) is 4.79 Å². The minimum atomic E-state index is -1.39. The first kappa shape index (κ1) is 14.2. The Morgan fingerprint density at radius 2 is 1.80 bits per heavy atom. The van der Waals surface area contributed by atoms with Crippen molar-refractivity contribution in [3.05, 3.63) is 18.0 Å². The van der Waals surface area contributed by atoms with Gasteiger partial charge in [-0.1, -0.05) is 32.6 Å². The highest BCUT2D eigenvalue weighted by atomic mass is 16.2. The summed E-state index contributed by atoms with van der Waals surface area (Å²) in [6, 6.07) is 0.818. The zero-order chi connectivity index (χ0) is 14.6. The van der Waals surface area contributed by atoms with Crippen LogP contribution in [0.25, 0.3) is 0 Å². The maximum atomic E-state index is 12.3. The maximum Gasteiger partial charge on any atom is 0.328 e. The van der Waals surface area contributed by atoms with Gasteiger partial charge in [0.2, 0.25) is 11.8 Å². The lowest BCUT2D eigenvalue weighted by molar-refractivity contribution is -0.139. The Morgan fingerprint density at radius 1 is 1.10 bits per heavy atom. The minimum Gasteiger partial charge on any atom is -0.281 e. The van der Waals surface area contributed by atoms with E-state index in [1.807, 2.05) is 0 Å². The van der Waals surface area contributed by atoms with Crippen molar-refractivity contribution in [1.29, 1.82) is 0 Å². The van der Waals surface area contributed by atoms with Gasteiger partial charge in [0, 0.05) is 6.20 Å². The van der Waals surface area contributed by atoms with Gasteiger partial charge in [-0.15, -0.1) is 0 Å². The number of nitrogens with one attached hydrogen (secondary N) is 3. The summed E-state index contributed by atoms with van der Waals surface area (Å²) in [7, 11) is 0. The van der Waals surface area contributed by atoms with E-state index in [2.05, 4.69) is 27.8 Å². The molecule has 0 unspecified atom stereocenters. The van der Waals surface area contributed by atoms with Crippen LogP contribution in [0.4, 0.5) is 4.79 Å². The molecule has 3 N–H and O–H groups in total. The topological polar surface area (TPSA) is 104 Å². The van der Waals surface area contributed by atoms with Crippen LogP contribution in [0.5, 0.6) is 0 Å². The largest absolute Gasteiger partial charge is 0.328 e. The Kier molecular flexibility index (Phi) is 4.16. The molecule has 0 radical (unpaired) electrons. The third kappa shape index (κ3) is 2.43. The van der Waals surface area contributed by atoms with Gasteiger partial charge in [0.1, 0.15) is 0 Å². The normalized spacial score (nSPS) is 17.8. The van der Waals surface area contributed by atoms with Crippen molar-refractivity contribution in [3.8, 4) is 0 Å². The smallest absolute Gasteiger partial charge is 0.281 e. The standard InChI is InChI=1S/C13H18N4O3/c1-2-3-4-5-7-13(9-6-8-14-17-9)10(18)15-12(20)16-11(13)19/h6,8H,2-5,7H2,1H3,(H,14,17)(H2,15,16,18,19,20). The van der Waals surface area contributed by atoms with Crippen LogP contribution in [0, 0.1) is 0 Å². The SMILES string of the molecule is CCCCCCC1(c2ccn[nH]2)C(=O)NC(=O)NC1=O. The average Bonchev–Trinajstić information content (AvgIpc) is 2.91. The minimum absolute atomic E-state index is 0.347. The highest BCUT2D eigenvalue weighted by Crippen LogP contribution is 2.31. The summed E-state index contributed by atoms with van der Waals surface area (Å²) < 4.78 is 0. The summed E-state index contributed by atoms with van der Waals surface area (Å²) in [4.78, 5) is 35.7. The zero-order valence-electron chi connectivity index (χ0n) is 11.4. The van der Waals surface area contributed by atoms with Crippen molar-refractivity contribution >= 4 is 17.8 Å². The number of H-pyrrole nitrogens is 1. The van der Waals surface area contributed by atoms with Gasteiger partial charge < -0.3 is 0 Å². The van der Waals surface area contributed by atoms with Crippen LogP contribution in [0.15, 0.2) is 12.3 Å². The molecule has 0 aliphatic carbocycles. The first-order valence-corrected chi connectivity index (χ1v) is 6.78. The number of aromatic amines is 1. The molecule has 2 rings (SSSR count). The molecule has 1 aromatic rings. The fourth-order valence-electron chi connectivity index (χ4n) is 2.47. The monoisotopic (exact) mass is 278 g/mol. The molecular weight excluding hydrogens is 260 g/mol. The Bertz CT molecular complexity index is 490. The van der Waals surface area contributed by atoms with Crippen LogP contribution < -0.4 is 10.6 Å². The van der Waals surface area contributed by atoms with Crippen LogP contribution in [-0.4, -0.2) is 28.0 Å². The number of urea groups is 1. The second-order valence-electron chi connectivity index (χ2n) is 4.92. The lowest BCUT2D eigenvalue weighted by Crippen LogP contribution is -2.64. The molecule has 1 fully saturated rings. The van der Waals surface area contributed by atoms with Crippen LogP contribution >= 0.6 is 0 Å². The number of aromatic nitrogens is 2. The van der Waals surface area contributed by atoms with Gasteiger partial charge in [-0.3, -0.25) is 25.3 Å². The van der Waals surface area contributed by atoms with E-state index in [-0.39, 0.29) is 0 Å². The van der Waals surface area contributed by atoms with E-state index in [1.165, 1.54) is 6.20 Å². The molecule has 0 bridgehead atoms. The van der Waals surface area contributed by atoms with Crippen molar-refractivity contribution in [2.75, 3.05) is 0 Å². The molecule has 1 aromatic heterocycles. The molecule has 1 aliphatic heterocycles. The van der Waals surface area contributed by atoms with E-state index < -0.39 is 23.3 Å². The van der Waals surface area contributed by atoms with Crippen LogP contribution in [-0.2, 0) is 15.0 Å². The molecule has 4 amide bonds. The summed E-state index contributed by atoms with van der Waals surface area (Å²) in [5.74, 6) is -1.18. The van der Waals surface area contributed by atoms with Crippen molar-refractivity contribution < 1.29 is 14.4 Å². The number of rotatable bonds is 6. The Labute approximate surface area is 116 Å². The summed E-state index contributed by atoms with van der Waals surface area (Å²) in [6.07, 6.45) is 5.60. The molecular formula is C13H18N4O3. The zero-order valence-corrected chi connectivity index (χ0v) is 11.4. The van der Waals surface area contributed by atoms with Gasteiger partial charge in [0.15, 0.2) is 5.41 Å². The molecule has 20 heavy (non-hydrogen) atoms. The predicted octanol–water partition coefficient (Wildman–Crippen LogP) is 0.984. The molecule has 0 spiro atoms. The Balaban J connectivity index is 2.27. The number of nitrogens with zero attached hydrogens (tertiary/aromatic N) is 1. The summed E-state index contributed by atoms with van der Waals surface area (Å²) in [6.45, 7) is 2.09. The summed E-state index contributed by atoms with van der Waals surface area (Å²) in [5, 5.41) is 10.8. The van der Waals surface area contributed by atoms with E-state index in [4.69, 9.17) is 0 Å². The van der Waals surface area contributed by atoms with Crippen molar-refractivity contribution in [3.63, 3.8) is 0 Å². The Hall–Kier alpha value is -2.18. The summed E-state index contributed by atoms with van der Waals surface area (Å²) >= 11 is 0. The third-order valence-corrected chi connectivity index (χ3v) is 3.60. The first-order chi connectivity index (χ1) is 9.61. The molecule has 1 saturated heterocycles. The van der Waals surface area contributed by atoms with Gasteiger partial charge in [0.05, 0.1) is 5.69 Å². The van der Waals surface area contributed by atoms with Crippen molar-refractivity contribution in [1.82, 2.24) is 20.8 Å². The highest BCUT2D eigenvalue weighted by Gasteiger charge is 2.52. The molecule has 0 atom stereocenters. The summed E-state index contributed by atoms with van der Waals surface area (Å²) in [5.41, 5.74) is -0.977. The molecule has 7 nitrogen and oxygen atoms in total. The number of carbonyl (C=O) groups is 3. The molecule has 108 valence electrons. The lowest BCUT2D eigenvalue weighted by atomic mass is 9.76. The first-order valence-electron chi connectivity index (χ1n) is 6.78. The second-order valence-corrected chi connectivity index (χ2v) is 4.92. The van der Waals surface area contributed by atoms with Gasteiger partial charge in [-0.2, -0.15) is 5.10 Å². The van der Waals surface area contributed by atoms with Crippen molar-refractivity contribution in [2.45, 2.75) is 44.4 Å². The molecule has 0 aromatic carbocycles. The van der Waals surface area contributed by atoms with Gasteiger partial charge in [-0.05, 0) is 12.5 Å². The second kappa shape index (κ2) is 5.85. The number of unbranched alkanes of at least 4 members (excludes halogenated alkanes) is 3. The number of amides is 4. The number of imide groups is 2. The number of hydrogen-bond donors (Lipinski definition) is 3. The number of barbiturate groups is 1. The van der Waals surface area contributed by atoms with E-state index in [0.29, 0.717) is 12.1 Å². The predicted molar refractivity (Wildman–Crippen MR) is 70.7 cm³/mol. The lowest BCUT2D eigenvalue weighted by Gasteiger charge is -2.32. The van der Waals surface area contributed by atoms with E-state index in [0.717, 1.165) is 25.7 Å². The fourth-order valence-corrected chi connectivity index (χ4v) is 2.47. The van der Waals surface area contributed by atoms with E-state index in [9.17, 15) is 14.4 Å². The molecule has 1 aliphatic rings.